The molecule has 2 fully saturated rings. The molecule has 2 N–H and O–H groups in total. The lowest BCUT2D eigenvalue weighted by atomic mass is 9.58. The topological polar surface area (TPSA) is 79.9 Å². The van der Waals surface area contributed by atoms with Gasteiger partial charge in [0.2, 0.25) is 5.91 Å². The molecule has 3 aromatic carbocycles. The number of hydrogen-bond acceptors (Lipinski definition) is 5. The SMILES string of the molecule is COc1ccc(CNC(=O)c2ccc(CNC(=O)C3(C4CCN(Cc5ccc(Br)cc5)CC4)CCC3)cc2)cc1OC. The maximum atomic E-state index is 13.5. The van der Waals surface area contributed by atoms with Crippen LogP contribution in [0, 0.1) is 11.3 Å². The largest absolute Gasteiger partial charge is 0.493 e. The average molecular weight is 635 g/mol. The number of methoxy groups -OCH3 is 2. The zero-order valence-corrected chi connectivity index (χ0v) is 26.0. The van der Waals surface area contributed by atoms with E-state index in [1.807, 2.05) is 42.5 Å². The van der Waals surface area contributed by atoms with Gasteiger partial charge in [-0.1, -0.05) is 52.7 Å². The summed E-state index contributed by atoms with van der Waals surface area (Å²) in [7, 11) is 3.18. The molecule has 8 heteroatoms. The first-order chi connectivity index (χ1) is 20.4. The van der Waals surface area contributed by atoms with Gasteiger partial charge in [0.1, 0.15) is 0 Å². The monoisotopic (exact) mass is 633 g/mol. The molecule has 1 heterocycles. The van der Waals surface area contributed by atoms with Crippen LogP contribution in [-0.2, 0) is 24.4 Å². The Morgan fingerprint density at radius 2 is 1.45 bits per heavy atom. The van der Waals surface area contributed by atoms with Crippen LogP contribution in [0.2, 0.25) is 0 Å². The molecule has 0 aromatic heterocycles. The van der Waals surface area contributed by atoms with Gasteiger partial charge in [0.25, 0.3) is 5.91 Å². The highest BCUT2D eigenvalue weighted by Gasteiger charge is 2.50. The van der Waals surface area contributed by atoms with E-state index in [9.17, 15) is 9.59 Å². The summed E-state index contributed by atoms with van der Waals surface area (Å²) in [6.07, 6.45) is 5.22. The van der Waals surface area contributed by atoms with Gasteiger partial charge in [0.15, 0.2) is 11.5 Å². The molecule has 1 saturated carbocycles. The third kappa shape index (κ3) is 6.98. The Labute approximate surface area is 257 Å². The zero-order valence-electron chi connectivity index (χ0n) is 24.5. The van der Waals surface area contributed by atoms with Crippen molar-refractivity contribution in [1.29, 1.82) is 0 Å². The maximum absolute atomic E-state index is 13.5. The van der Waals surface area contributed by atoms with Gasteiger partial charge in [-0.05, 0) is 97.8 Å². The van der Waals surface area contributed by atoms with E-state index in [1.54, 1.807) is 14.2 Å². The number of carbonyl (C=O) groups excluding carboxylic acids is 2. The van der Waals surface area contributed by atoms with Crippen LogP contribution >= 0.6 is 15.9 Å². The number of carbonyl (C=O) groups is 2. The predicted molar refractivity (Wildman–Crippen MR) is 167 cm³/mol. The van der Waals surface area contributed by atoms with Gasteiger partial charge >= 0.3 is 0 Å². The van der Waals surface area contributed by atoms with E-state index in [4.69, 9.17) is 9.47 Å². The number of piperidine rings is 1. The highest BCUT2D eigenvalue weighted by atomic mass is 79.9. The van der Waals surface area contributed by atoms with Crippen molar-refractivity contribution in [3.05, 3.63) is 93.5 Å². The van der Waals surface area contributed by atoms with Gasteiger partial charge in [-0.15, -0.1) is 0 Å². The summed E-state index contributed by atoms with van der Waals surface area (Å²) in [5, 5.41) is 6.18. The van der Waals surface area contributed by atoms with Crippen LogP contribution in [-0.4, -0.2) is 44.0 Å². The van der Waals surface area contributed by atoms with Crippen molar-refractivity contribution in [1.82, 2.24) is 15.5 Å². The molecule has 1 saturated heterocycles. The molecule has 0 unspecified atom stereocenters. The van der Waals surface area contributed by atoms with E-state index in [2.05, 4.69) is 55.7 Å². The van der Waals surface area contributed by atoms with Crippen molar-refractivity contribution in [2.24, 2.45) is 11.3 Å². The number of nitrogens with one attached hydrogen (secondary N) is 2. The van der Waals surface area contributed by atoms with Crippen LogP contribution in [0.5, 0.6) is 11.5 Å². The van der Waals surface area contributed by atoms with E-state index in [0.29, 0.717) is 36.1 Å². The molecule has 5 rings (SSSR count). The van der Waals surface area contributed by atoms with E-state index in [-0.39, 0.29) is 17.2 Å². The lowest BCUT2D eigenvalue weighted by molar-refractivity contribution is -0.143. The number of halogens is 1. The molecule has 0 atom stereocenters. The third-order valence-electron chi connectivity index (χ3n) is 8.96. The summed E-state index contributed by atoms with van der Waals surface area (Å²) >= 11 is 3.51. The molecule has 0 bridgehead atoms. The van der Waals surface area contributed by atoms with Crippen molar-refractivity contribution in [2.45, 2.75) is 51.7 Å². The molecule has 2 amide bonds. The molecule has 0 radical (unpaired) electrons. The van der Waals surface area contributed by atoms with Gasteiger partial charge in [-0.3, -0.25) is 14.5 Å². The molecule has 42 heavy (non-hydrogen) atoms. The summed E-state index contributed by atoms with van der Waals surface area (Å²) in [6, 6.07) is 21.6. The summed E-state index contributed by atoms with van der Waals surface area (Å²) < 4.78 is 11.7. The summed E-state index contributed by atoms with van der Waals surface area (Å²) in [5.74, 6) is 1.75. The van der Waals surface area contributed by atoms with Crippen molar-refractivity contribution < 1.29 is 19.1 Å². The predicted octanol–water partition coefficient (Wildman–Crippen LogP) is 6.10. The Morgan fingerprint density at radius 1 is 0.833 bits per heavy atom. The zero-order chi connectivity index (χ0) is 29.5. The van der Waals surface area contributed by atoms with Crippen molar-refractivity contribution in [3.63, 3.8) is 0 Å². The van der Waals surface area contributed by atoms with E-state index < -0.39 is 0 Å². The molecular formula is C34H40BrN3O4. The number of rotatable bonds is 11. The van der Waals surface area contributed by atoms with Gasteiger partial charge in [-0.2, -0.15) is 0 Å². The van der Waals surface area contributed by atoms with Gasteiger partial charge in [0.05, 0.1) is 19.6 Å². The van der Waals surface area contributed by atoms with Crippen LogP contribution in [0.1, 0.15) is 59.2 Å². The Bertz CT molecular complexity index is 1360. The minimum absolute atomic E-state index is 0.153. The number of hydrogen-bond donors (Lipinski definition) is 2. The molecule has 222 valence electrons. The number of ether oxygens (including phenoxy) is 2. The van der Waals surface area contributed by atoms with Crippen LogP contribution in [0.3, 0.4) is 0 Å². The van der Waals surface area contributed by atoms with E-state index in [0.717, 1.165) is 67.3 Å². The van der Waals surface area contributed by atoms with Crippen LogP contribution in [0.15, 0.2) is 71.2 Å². The standard InChI is InChI=1S/C34H40BrN3O4/c1-41-30-13-8-26(20-31(30)42-2)22-36-32(39)27-9-4-24(5-10-27)21-37-33(40)34(16-3-17-34)28-14-18-38(19-15-28)23-25-6-11-29(35)12-7-25/h4-13,20,28H,3,14-19,21-23H2,1-2H3,(H,36,39)(H,37,40). The van der Waals surface area contributed by atoms with Crippen molar-refractivity contribution in [3.8, 4) is 11.5 Å². The fraction of sp³-hybridized carbons (Fsp3) is 0.412. The fourth-order valence-electron chi connectivity index (χ4n) is 6.28. The first-order valence-corrected chi connectivity index (χ1v) is 15.5. The van der Waals surface area contributed by atoms with E-state index in [1.165, 1.54) is 5.56 Å². The quantitative estimate of drug-likeness (QED) is 0.267. The van der Waals surface area contributed by atoms with Crippen molar-refractivity contribution >= 4 is 27.7 Å². The Morgan fingerprint density at radius 3 is 2.07 bits per heavy atom. The first kappa shape index (κ1) is 30.1. The number of amides is 2. The highest BCUT2D eigenvalue weighted by Crippen LogP contribution is 2.51. The Kier molecular flexibility index (Phi) is 9.85. The fourth-order valence-corrected chi connectivity index (χ4v) is 6.54. The lowest BCUT2D eigenvalue weighted by Gasteiger charge is -2.49. The summed E-state index contributed by atoms with van der Waals surface area (Å²) in [4.78, 5) is 28.7. The minimum Gasteiger partial charge on any atom is -0.493 e. The Hall–Kier alpha value is -3.36. The Balaban J connectivity index is 1.09. The molecule has 3 aromatic rings. The van der Waals surface area contributed by atoms with Gasteiger partial charge in [0, 0.05) is 29.7 Å². The molecule has 7 nitrogen and oxygen atoms in total. The second kappa shape index (κ2) is 13.7. The summed E-state index contributed by atoms with van der Waals surface area (Å²) in [5.41, 5.74) is 3.58. The minimum atomic E-state index is -0.229. The maximum Gasteiger partial charge on any atom is 0.251 e. The summed E-state index contributed by atoms with van der Waals surface area (Å²) in [6.45, 7) is 3.87. The normalized spacial score (nSPS) is 16.7. The van der Waals surface area contributed by atoms with Crippen LogP contribution < -0.4 is 20.1 Å². The molecule has 1 aliphatic carbocycles. The molecular weight excluding hydrogens is 594 g/mol. The third-order valence-corrected chi connectivity index (χ3v) is 9.49. The number of likely N-dealkylation sites (tertiary alicyclic amines) is 1. The lowest BCUT2D eigenvalue weighted by Crippen LogP contribution is -2.53. The molecule has 2 aliphatic rings. The van der Waals surface area contributed by atoms with E-state index >= 15 is 0 Å². The van der Waals surface area contributed by atoms with Gasteiger partial charge in [-0.25, -0.2) is 0 Å². The van der Waals surface area contributed by atoms with Crippen molar-refractivity contribution in [2.75, 3.05) is 27.3 Å². The average Bonchev–Trinajstić information content (AvgIpc) is 3.00. The number of nitrogens with zero attached hydrogens (tertiary/aromatic N) is 1. The molecule has 0 spiro atoms. The highest BCUT2D eigenvalue weighted by molar-refractivity contribution is 9.10. The molecule has 1 aliphatic heterocycles. The van der Waals surface area contributed by atoms with Crippen LogP contribution in [0.25, 0.3) is 0 Å². The smallest absolute Gasteiger partial charge is 0.251 e. The second-order valence-corrected chi connectivity index (χ2v) is 12.4. The second-order valence-electron chi connectivity index (χ2n) is 11.4. The number of benzene rings is 3. The van der Waals surface area contributed by atoms with Crippen LogP contribution in [0.4, 0.5) is 0 Å². The van der Waals surface area contributed by atoms with Gasteiger partial charge < -0.3 is 20.1 Å². The first-order valence-electron chi connectivity index (χ1n) is 14.7.